The summed E-state index contributed by atoms with van der Waals surface area (Å²) in [6, 6.07) is 7.75. The molecule has 0 atom stereocenters. The third-order valence-corrected chi connectivity index (χ3v) is 2.97. The lowest BCUT2D eigenvalue weighted by Crippen LogP contribution is -2.31. The molecule has 1 aromatic carbocycles. The Balaban J connectivity index is 1.81. The SMILES string of the molecule is CCc1ccc(OCC(=O)N(C)Cc2ncn[nH]2)cc1. The molecule has 0 saturated heterocycles. The lowest BCUT2D eigenvalue weighted by atomic mass is 10.2. The van der Waals surface area contributed by atoms with Gasteiger partial charge in [0.25, 0.3) is 5.91 Å². The summed E-state index contributed by atoms with van der Waals surface area (Å²) in [5.74, 6) is 1.23. The number of nitrogens with zero attached hydrogens (tertiary/aromatic N) is 3. The number of nitrogens with one attached hydrogen (secondary N) is 1. The smallest absolute Gasteiger partial charge is 0.260 e. The first-order valence-electron chi connectivity index (χ1n) is 6.49. The highest BCUT2D eigenvalue weighted by Crippen LogP contribution is 2.12. The minimum atomic E-state index is -0.110. The van der Waals surface area contributed by atoms with Gasteiger partial charge in [-0.15, -0.1) is 0 Å². The molecule has 0 spiro atoms. The van der Waals surface area contributed by atoms with Crippen LogP contribution < -0.4 is 4.74 Å². The molecule has 1 amide bonds. The second-order valence-electron chi connectivity index (χ2n) is 4.47. The first kappa shape index (κ1) is 14.0. The van der Waals surface area contributed by atoms with Crippen LogP contribution in [-0.4, -0.2) is 39.6 Å². The van der Waals surface area contributed by atoms with Gasteiger partial charge in [0, 0.05) is 7.05 Å². The number of carbonyl (C=O) groups is 1. The van der Waals surface area contributed by atoms with Crippen molar-refractivity contribution in [3.8, 4) is 5.75 Å². The molecule has 106 valence electrons. The van der Waals surface area contributed by atoms with Crippen LogP contribution in [0.3, 0.4) is 0 Å². The zero-order valence-corrected chi connectivity index (χ0v) is 11.7. The number of rotatable bonds is 6. The van der Waals surface area contributed by atoms with Crippen molar-refractivity contribution in [1.82, 2.24) is 20.1 Å². The summed E-state index contributed by atoms with van der Waals surface area (Å²) < 4.78 is 5.47. The normalized spacial score (nSPS) is 10.3. The highest BCUT2D eigenvalue weighted by atomic mass is 16.5. The van der Waals surface area contributed by atoms with E-state index in [-0.39, 0.29) is 12.5 Å². The summed E-state index contributed by atoms with van der Waals surface area (Å²) in [5, 5.41) is 6.45. The Bertz CT molecular complexity index is 537. The zero-order chi connectivity index (χ0) is 14.4. The van der Waals surface area contributed by atoms with Gasteiger partial charge in [-0.2, -0.15) is 5.10 Å². The quantitative estimate of drug-likeness (QED) is 0.864. The van der Waals surface area contributed by atoms with E-state index in [1.807, 2.05) is 24.3 Å². The third kappa shape index (κ3) is 3.81. The zero-order valence-electron chi connectivity index (χ0n) is 11.7. The Morgan fingerprint density at radius 1 is 1.35 bits per heavy atom. The van der Waals surface area contributed by atoms with Crippen LogP contribution in [0.15, 0.2) is 30.6 Å². The number of benzene rings is 1. The molecule has 6 heteroatoms. The molecule has 0 fully saturated rings. The Morgan fingerprint density at radius 2 is 2.10 bits per heavy atom. The van der Waals surface area contributed by atoms with Crippen molar-refractivity contribution in [2.24, 2.45) is 0 Å². The number of likely N-dealkylation sites (N-methyl/N-ethyl adjacent to an activating group) is 1. The highest BCUT2D eigenvalue weighted by Gasteiger charge is 2.11. The molecule has 0 saturated carbocycles. The van der Waals surface area contributed by atoms with Gasteiger partial charge in [0.2, 0.25) is 0 Å². The molecule has 2 rings (SSSR count). The van der Waals surface area contributed by atoms with Crippen LogP contribution in [0.2, 0.25) is 0 Å². The minimum Gasteiger partial charge on any atom is -0.484 e. The predicted molar refractivity (Wildman–Crippen MR) is 74.2 cm³/mol. The average molecular weight is 274 g/mol. The number of aromatic amines is 1. The molecule has 1 aromatic heterocycles. The summed E-state index contributed by atoms with van der Waals surface area (Å²) in [6.07, 6.45) is 2.40. The number of aromatic nitrogens is 3. The molecule has 1 heterocycles. The second-order valence-corrected chi connectivity index (χ2v) is 4.47. The van der Waals surface area contributed by atoms with Gasteiger partial charge in [0.1, 0.15) is 17.9 Å². The standard InChI is InChI=1S/C14H18N4O2/c1-3-11-4-6-12(7-5-11)20-9-14(19)18(2)8-13-15-10-16-17-13/h4-7,10H,3,8-9H2,1-2H3,(H,15,16,17). The number of hydrogen-bond acceptors (Lipinski definition) is 4. The molecule has 1 N–H and O–H groups in total. The van der Waals surface area contributed by atoms with Crippen molar-refractivity contribution in [1.29, 1.82) is 0 Å². The van der Waals surface area contributed by atoms with E-state index in [0.717, 1.165) is 6.42 Å². The van der Waals surface area contributed by atoms with Crippen LogP contribution in [0.25, 0.3) is 0 Å². The van der Waals surface area contributed by atoms with E-state index in [9.17, 15) is 4.79 Å². The van der Waals surface area contributed by atoms with Gasteiger partial charge in [-0.1, -0.05) is 19.1 Å². The molecular formula is C14H18N4O2. The van der Waals surface area contributed by atoms with Gasteiger partial charge in [-0.25, -0.2) is 4.98 Å². The van der Waals surface area contributed by atoms with Gasteiger partial charge in [0.05, 0.1) is 6.54 Å². The number of ether oxygens (including phenoxy) is 1. The van der Waals surface area contributed by atoms with E-state index >= 15 is 0 Å². The molecular weight excluding hydrogens is 256 g/mol. The van der Waals surface area contributed by atoms with E-state index in [4.69, 9.17) is 4.74 Å². The maximum absolute atomic E-state index is 11.9. The van der Waals surface area contributed by atoms with Gasteiger partial charge in [0.15, 0.2) is 6.61 Å². The number of H-pyrrole nitrogens is 1. The summed E-state index contributed by atoms with van der Waals surface area (Å²) in [7, 11) is 1.70. The van der Waals surface area contributed by atoms with Crippen molar-refractivity contribution in [3.63, 3.8) is 0 Å². The van der Waals surface area contributed by atoms with Crippen molar-refractivity contribution in [2.45, 2.75) is 19.9 Å². The van der Waals surface area contributed by atoms with Crippen LogP contribution in [-0.2, 0) is 17.8 Å². The molecule has 0 aliphatic carbocycles. The van der Waals surface area contributed by atoms with Crippen LogP contribution in [0.5, 0.6) is 5.75 Å². The van der Waals surface area contributed by atoms with E-state index in [1.165, 1.54) is 11.9 Å². The largest absolute Gasteiger partial charge is 0.484 e. The van der Waals surface area contributed by atoms with Crippen LogP contribution in [0, 0.1) is 0 Å². The predicted octanol–water partition coefficient (Wildman–Crippen LogP) is 1.40. The average Bonchev–Trinajstić information content (AvgIpc) is 2.98. The first-order chi connectivity index (χ1) is 9.69. The molecule has 0 bridgehead atoms. The molecule has 0 aliphatic rings. The lowest BCUT2D eigenvalue weighted by Gasteiger charge is -2.16. The van der Waals surface area contributed by atoms with Crippen LogP contribution >= 0.6 is 0 Å². The summed E-state index contributed by atoms with van der Waals surface area (Å²) in [5.41, 5.74) is 1.24. The van der Waals surface area contributed by atoms with Crippen molar-refractivity contribution >= 4 is 5.91 Å². The van der Waals surface area contributed by atoms with E-state index < -0.39 is 0 Å². The van der Waals surface area contributed by atoms with Gasteiger partial charge >= 0.3 is 0 Å². The Morgan fingerprint density at radius 3 is 2.70 bits per heavy atom. The maximum atomic E-state index is 11.9. The van der Waals surface area contributed by atoms with Crippen molar-refractivity contribution in [2.75, 3.05) is 13.7 Å². The molecule has 6 nitrogen and oxygen atoms in total. The topological polar surface area (TPSA) is 71.1 Å². The van der Waals surface area contributed by atoms with E-state index in [0.29, 0.717) is 18.1 Å². The fraction of sp³-hybridized carbons (Fsp3) is 0.357. The number of carbonyl (C=O) groups excluding carboxylic acids is 1. The molecule has 20 heavy (non-hydrogen) atoms. The summed E-state index contributed by atoms with van der Waals surface area (Å²) in [6.45, 7) is 2.49. The van der Waals surface area contributed by atoms with Crippen molar-refractivity contribution < 1.29 is 9.53 Å². The first-order valence-corrected chi connectivity index (χ1v) is 6.49. The minimum absolute atomic E-state index is 0.0100. The summed E-state index contributed by atoms with van der Waals surface area (Å²) >= 11 is 0. The number of aryl methyl sites for hydroxylation is 1. The fourth-order valence-electron chi connectivity index (χ4n) is 1.70. The van der Waals surface area contributed by atoms with E-state index in [2.05, 4.69) is 22.1 Å². The number of amides is 1. The van der Waals surface area contributed by atoms with Crippen molar-refractivity contribution in [3.05, 3.63) is 42.0 Å². The fourth-order valence-corrected chi connectivity index (χ4v) is 1.70. The number of hydrogen-bond donors (Lipinski definition) is 1. The van der Waals surface area contributed by atoms with Crippen LogP contribution in [0.4, 0.5) is 0 Å². The summed E-state index contributed by atoms with van der Waals surface area (Å²) in [4.78, 5) is 17.4. The highest BCUT2D eigenvalue weighted by molar-refractivity contribution is 5.77. The lowest BCUT2D eigenvalue weighted by molar-refractivity contribution is -0.132. The van der Waals surface area contributed by atoms with Crippen LogP contribution in [0.1, 0.15) is 18.3 Å². The monoisotopic (exact) mass is 274 g/mol. The molecule has 0 radical (unpaired) electrons. The maximum Gasteiger partial charge on any atom is 0.260 e. The van der Waals surface area contributed by atoms with Gasteiger partial charge < -0.3 is 9.64 Å². The Hall–Kier alpha value is -2.37. The second kappa shape index (κ2) is 6.70. The van der Waals surface area contributed by atoms with Gasteiger partial charge in [-0.05, 0) is 24.1 Å². The Labute approximate surface area is 117 Å². The Kier molecular flexibility index (Phi) is 4.70. The molecule has 0 aliphatic heterocycles. The molecule has 0 unspecified atom stereocenters. The molecule has 2 aromatic rings. The van der Waals surface area contributed by atoms with E-state index in [1.54, 1.807) is 11.9 Å². The van der Waals surface area contributed by atoms with Gasteiger partial charge in [-0.3, -0.25) is 9.89 Å². The third-order valence-electron chi connectivity index (χ3n) is 2.97.